The van der Waals surface area contributed by atoms with Crippen LogP contribution in [0, 0.1) is 0 Å². The molecule has 0 bridgehead atoms. The standard InChI is InChI=1S/C31H26N2O4/c1-36-23-15-13-20(14-16-23)30-29-25(18-22(19-27(29)34)28-12-7-17-37-28)32-24-10-5-6-11-26(24)33(30)31(35)21-8-3-2-4-9-21/h2-17,22,30,32H,18-19H2,1H3/t22-,30+/m0/s1. The van der Waals surface area contributed by atoms with Crippen LogP contribution in [-0.2, 0) is 4.79 Å². The van der Waals surface area contributed by atoms with Crippen molar-refractivity contribution in [1.29, 1.82) is 0 Å². The van der Waals surface area contributed by atoms with Crippen LogP contribution in [0.25, 0.3) is 0 Å². The van der Waals surface area contributed by atoms with Crippen molar-refractivity contribution in [1.82, 2.24) is 0 Å². The zero-order valence-corrected chi connectivity index (χ0v) is 20.4. The highest BCUT2D eigenvalue weighted by Crippen LogP contribution is 2.48. The molecule has 1 aliphatic carbocycles. The molecular formula is C31H26N2O4. The van der Waals surface area contributed by atoms with Crippen LogP contribution in [0.3, 0.4) is 0 Å². The summed E-state index contributed by atoms with van der Waals surface area (Å²) < 4.78 is 11.1. The molecule has 0 saturated carbocycles. The molecule has 6 nitrogen and oxygen atoms in total. The molecule has 0 fully saturated rings. The molecule has 6 heteroatoms. The van der Waals surface area contributed by atoms with E-state index in [-0.39, 0.29) is 17.6 Å². The molecule has 1 amide bonds. The van der Waals surface area contributed by atoms with Crippen molar-refractivity contribution in [2.45, 2.75) is 24.8 Å². The van der Waals surface area contributed by atoms with Crippen molar-refractivity contribution < 1.29 is 18.7 Å². The van der Waals surface area contributed by atoms with Crippen LogP contribution >= 0.6 is 0 Å². The van der Waals surface area contributed by atoms with Crippen LogP contribution in [0.2, 0.25) is 0 Å². The molecule has 1 aliphatic heterocycles. The van der Waals surface area contributed by atoms with Gasteiger partial charge in [-0.2, -0.15) is 0 Å². The smallest absolute Gasteiger partial charge is 0.259 e. The Bertz CT molecular complexity index is 1470. The van der Waals surface area contributed by atoms with Gasteiger partial charge in [-0.05, 0) is 60.5 Å². The predicted octanol–water partition coefficient (Wildman–Crippen LogP) is 6.50. The second-order valence-electron chi connectivity index (χ2n) is 9.30. The Balaban J connectivity index is 1.57. The zero-order valence-electron chi connectivity index (χ0n) is 20.4. The Kier molecular flexibility index (Phi) is 5.85. The molecule has 0 unspecified atom stereocenters. The van der Waals surface area contributed by atoms with Gasteiger partial charge in [-0.25, -0.2) is 0 Å². The zero-order chi connectivity index (χ0) is 25.4. The number of carbonyl (C=O) groups excluding carboxylic acids is 2. The Morgan fingerprint density at radius 2 is 1.68 bits per heavy atom. The normalized spacial score (nSPS) is 18.9. The van der Waals surface area contributed by atoms with Crippen LogP contribution in [-0.4, -0.2) is 18.8 Å². The summed E-state index contributed by atoms with van der Waals surface area (Å²) in [6.07, 6.45) is 2.55. The number of nitrogens with zero attached hydrogens (tertiary/aromatic N) is 1. The van der Waals surface area contributed by atoms with Crippen LogP contribution in [0.15, 0.2) is 113 Å². The van der Waals surface area contributed by atoms with Gasteiger partial charge in [0.05, 0.1) is 30.8 Å². The number of para-hydroxylation sites is 2. The molecule has 2 heterocycles. The number of nitrogens with one attached hydrogen (secondary N) is 1. The molecule has 0 spiro atoms. The first kappa shape index (κ1) is 22.9. The van der Waals surface area contributed by atoms with Crippen molar-refractivity contribution in [3.8, 4) is 5.75 Å². The lowest BCUT2D eigenvalue weighted by Gasteiger charge is -2.35. The largest absolute Gasteiger partial charge is 0.497 e. The fourth-order valence-corrected chi connectivity index (χ4v) is 5.36. The van der Waals surface area contributed by atoms with Gasteiger partial charge in [-0.1, -0.05) is 42.5 Å². The Labute approximate surface area is 215 Å². The topological polar surface area (TPSA) is 71.8 Å². The number of ether oxygens (including phenoxy) is 1. The predicted molar refractivity (Wildman–Crippen MR) is 142 cm³/mol. The van der Waals surface area contributed by atoms with Crippen LogP contribution in [0.4, 0.5) is 11.4 Å². The molecule has 1 N–H and O–H groups in total. The second kappa shape index (κ2) is 9.47. The Hall–Kier alpha value is -4.58. The molecule has 37 heavy (non-hydrogen) atoms. The van der Waals surface area contributed by atoms with E-state index < -0.39 is 6.04 Å². The third kappa shape index (κ3) is 4.10. The molecule has 184 valence electrons. The minimum atomic E-state index is -0.616. The maximum atomic E-state index is 14.2. The van der Waals surface area contributed by atoms with E-state index in [4.69, 9.17) is 9.15 Å². The van der Waals surface area contributed by atoms with E-state index in [1.165, 1.54) is 0 Å². The summed E-state index contributed by atoms with van der Waals surface area (Å²) in [7, 11) is 1.62. The summed E-state index contributed by atoms with van der Waals surface area (Å²) in [6.45, 7) is 0. The number of hydrogen-bond donors (Lipinski definition) is 1. The number of hydrogen-bond acceptors (Lipinski definition) is 5. The first-order valence-corrected chi connectivity index (χ1v) is 12.3. The SMILES string of the molecule is COc1ccc([C@@H]2C3=C(C[C@H](c4ccco4)CC3=O)Nc3ccccc3N2C(=O)c2ccccc2)cc1. The van der Waals surface area contributed by atoms with Crippen molar-refractivity contribution in [2.75, 3.05) is 17.3 Å². The number of amides is 1. The van der Waals surface area contributed by atoms with Crippen LogP contribution in [0.1, 0.15) is 46.5 Å². The van der Waals surface area contributed by atoms with E-state index in [9.17, 15) is 9.59 Å². The third-order valence-corrected chi connectivity index (χ3v) is 7.11. The molecule has 0 saturated heterocycles. The molecule has 0 radical (unpaired) electrons. The fourth-order valence-electron chi connectivity index (χ4n) is 5.36. The number of allylic oxidation sites excluding steroid dienone is 1. The van der Waals surface area contributed by atoms with Gasteiger partial charge < -0.3 is 14.5 Å². The van der Waals surface area contributed by atoms with Crippen LogP contribution < -0.4 is 15.0 Å². The van der Waals surface area contributed by atoms with Gasteiger partial charge in [0.25, 0.3) is 5.91 Å². The molecule has 1 aromatic heterocycles. The molecule has 4 aromatic rings. The number of benzene rings is 3. The Morgan fingerprint density at radius 1 is 0.919 bits per heavy atom. The minimum Gasteiger partial charge on any atom is -0.497 e. The van der Waals surface area contributed by atoms with Crippen molar-refractivity contribution in [3.63, 3.8) is 0 Å². The quantitative estimate of drug-likeness (QED) is 0.353. The highest BCUT2D eigenvalue weighted by Gasteiger charge is 2.42. The minimum absolute atomic E-state index is 0.00497. The van der Waals surface area contributed by atoms with E-state index >= 15 is 0 Å². The maximum absolute atomic E-state index is 14.2. The number of methoxy groups -OCH3 is 1. The van der Waals surface area contributed by atoms with E-state index in [0.29, 0.717) is 35.4 Å². The monoisotopic (exact) mass is 490 g/mol. The van der Waals surface area contributed by atoms with Gasteiger partial charge in [-0.3, -0.25) is 14.5 Å². The molecule has 3 aromatic carbocycles. The van der Waals surface area contributed by atoms with Crippen molar-refractivity contribution >= 4 is 23.1 Å². The number of furan rings is 1. The van der Waals surface area contributed by atoms with E-state index in [1.807, 2.05) is 78.9 Å². The van der Waals surface area contributed by atoms with Crippen LogP contribution in [0.5, 0.6) is 5.75 Å². The lowest BCUT2D eigenvalue weighted by Crippen LogP contribution is -2.38. The maximum Gasteiger partial charge on any atom is 0.259 e. The van der Waals surface area contributed by atoms with E-state index in [1.54, 1.807) is 30.4 Å². The van der Waals surface area contributed by atoms with Gasteiger partial charge >= 0.3 is 0 Å². The summed E-state index contributed by atoms with van der Waals surface area (Å²) in [6, 6.07) is 27.6. The Morgan fingerprint density at radius 3 is 2.41 bits per heavy atom. The molecule has 2 aliphatic rings. The second-order valence-corrected chi connectivity index (χ2v) is 9.30. The lowest BCUT2D eigenvalue weighted by molar-refractivity contribution is -0.116. The average molecular weight is 491 g/mol. The van der Waals surface area contributed by atoms with Gasteiger partial charge in [0.2, 0.25) is 0 Å². The van der Waals surface area contributed by atoms with Crippen molar-refractivity contribution in [2.24, 2.45) is 0 Å². The number of fused-ring (bicyclic) bond motifs is 1. The average Bonchev–Trinajstić information content (AvgIpc) is 3.43. The molecule has 6 rings (SSSR count). The highest BCUT2D eigenvalue weighted by molar-refractivity contribution is 6.12. The summed E-state index contributed by atoms with van der Waals surface area (Å²) in [4.78, 5) is 29.9. The van der Waals surface area contributed by atoms with E-state index in [2.05, 4.69) is 5.32 Å². The summed E-state index contributed by atoms with van der Waals surface area (Å²) in [5.41, 5.74) is 4.30. The third-order valence-electron chi connectivity index (χ3n) is 7.11. The van der Waals surface area contributed by atoms with Gasteiger partial charge in [0.1, 0.15) is 11.5 Å². The fraction of sp³-hybridized carbons (Fsp3) is 0.161. The van der Waals surface area contributed by atoms with Gasteiger partial charge in [-0.15, -0.1) is 0 Å². The lowest BCUT2D eigenvalue weighted by atomic mass is 9.80. The molecular weight excluding hydrogens is 464 g/mol. The molecule has 2 atom stereocenters. The number of Topliss-reactive ketones (excluding diaryl/α,β-unsaturated/α-hetero) is 1. The number of carbonyl (C=O) groups is 2. The summed E-state index contributed by atoms with van der Waals surface area (Å²) >= 11 is 0. The summed E-state index contributed by atoms with van der Waals surface area (Å²) in [5, 5.41) is 3.54. The van der Waals surface area contributed by atoms with Crippen molar-refractivity contribution in [3.05, 3.63) is 125 Å². The number of rotatable bonds is 4. The number of anilines is 2. The van der Waals surface area contributed by atoms with Gasteiger partial charge in [0, 0.05) is 29.2 Å². The van der Waals surface area contributed by atoms with E-state index in [0.717, 1.165) is 22.7 Å². The summed E-state index contributed by atoms with van der Waals surface area (Å²) in [5.74, 6) is 1.24. The number of ketones is 1. The first-order valence-electron chi connectivity index (χ1n) is 12.3. The highest BCUT2D eigenvalue weighted by atomic mass is 16.5. The van der Waals surface area contributed by atoms with Gasteiger partial charge in [0.15, 0.2) is 5.78 Å². The first-order chi connectivity index (χ1) is 18.1.